The molecule has 1 saturated heterocycles. The molecule has 1 aliphatic rings. The summed E-state index contributed by atoms with van der Waals surface area (Å²) in [6.45, 7) is 6.27. The van der Waals surface area contributed by atoms with Crippen molar-refractivity contribution in [3.05, 3.63) is 71.8 Å². The summed E-state index contributed by atoms with van der Waals surface area (Å²) in [5.41, 5.74) is 2.28. The molecule has 2 heterocycles. The molecule has 0 atom stereocenters. The van der Waals surface area contributed by atoms with Crippen molar-refractivity contribution in [2.45, 2.75) is 11.8 Å². The van der Waals surface area contributed by atoms with Crippen LogP contribution in [0, 0.1) is 6.92 Å². The fourth-order valence-corrected chi connectivity index (χ4v) is 6.89. The van der Waals surface area contributed by atoms with Gasteiger partial charge in [0.1, 0.15) is 21.7 Å². The van der Waals surface area contributed by atoms with Crippen molar-refractivity contribution in [3.63, 3.8) is 0 Å². The van der Waals surface area contributed by atoms with Crippen molar-refractivity contribution in [1.82, 2.24) is 15.2 Å². The molecule has 1 fully saturated rings. The minimum atomic E-state index is -3.83. The highest BCUT2D eigenvalue weighted by Gasteiger charge is 2.23. The van der Waals surface area contributed by atoms with Gasteiger partial charge < -0.3 is 19.7 Å². The average Bonchev–Trinajstić information content (AvgIpc) is 3.43. The second kappa shape index (κ2) is 13.6. The van der Waals surface area contributed by atoms with Crippen LogP contribution in [0.5, 0.6) is 11.5 Å². The summed E-state index contributed by atoms with van der Waals surface area (Å²) in [6, 6.07) is 16.9. The van der Waals surface area contributed by atoms with Crippen LogP contribution in [-0.2, 0) is 10.0 Å². The average molecular weight is 632 g/mol. The number of amides is 1. The largest absolute Gasteiger partial charge is 0.495 e. The molecule has 0 saturated carbocycles. The molecule has 10 nitrogen and oxygen atoms in total. The van der Waals surface area contributed by atoms with E-state index in [9.17, 15) is 13.2 Å². The minimum absolute atomic E-state index is 0. The number of benzene rings is 3. The van der Waals surface area contributed by atoms with Gasteiger partial charge in [0.2, 0.25) is 0 Å². The molecule has 1 aromatic heterocycles. The predicted molar refractivity (Wildman–Crippen MR) is 169 cm³/mol. The molecule has 5 rings (SSSR count). The Hall–Kier alpha value is -3.58. The first-order valence-electron chi connectivity index (χ1n) is 13.2. The number of aromatic nitrogens is 1. The Bertz CT molecular complexity index is 1600. The highest BCUT2D eigenvalue weighted by molar-refractivity contribution is 7.92. The van der Waals surface area contributed by atoms with Crippen LogP contribution < -0.4 is 24.4 Å². The van der Waals surface area contributed by atoms with Gasteiger partial charge >= 0.3 is 0 Å². The number of hydrogen-bond acceptors (Lipinski definition) is 9. The lowest BCUT2D eigenvalue weighted by molar-refractivity contribution is 0.0948. The summed E-state index contributed by atoms with van der Waals surface area (Å²) in [5.74, 6) is 1.17. The summed E-state index contributed by atoms with van der Waals surface area (Å²) in [4.78, 5) is 22.5. The summed E-state index contributed by atoms with van der Waals surface area (Å²) >= 11 is 1.59. The molecule has 0 bridgehead atoms. The summed E-state index contributed by atoms with van der Waals surface area (Å²) in [7, 11) is -0.537. The molecule has 42 heavy (non-hydrogen) atoms. The zero-order chi connectivity index (χ0) is 29.0. The van der Waals surface area contributed by atoms with E-state index in [0.29, 0.717) is 13.1 Å². The quantitative estimate of drug-likeness (QED) is 0.265. The van der Waals surface area contributed by atoms with Crippen LogP contribution in [0.15, 0.2) is 65.6 Å². The number of fused-ring (bicyclic) bond motifs is 1. The number of nitrogens with zero attached hydrogens (tertiary/aromatic N) is 3. The third kappa shape index (κ3) is 6.89. The monoisotopic (exact) mass is 631 g/mol. The Morgan fingerprint density at radius 1 is 0.952 bits per heavy atom. The second-order valence-corrected chi connectivity index (χ2v) is 12.4. The number of para-hydroxylation sites is 1. The van der Waals surface area contributed by atoms with E-state index in [1.54, 1.807) is 74.1 Å². The molecular weight excluding hydrogens is 598 g/mol. The normalized spacial score (nSPS) is 13.8. The van der Waals surface area contributed by atoms with E-state index < -0.39 is 10.0 Å². The van der Waals surface area contributed by atoms with Gasteiger partial charge in [-0.15, -0.1) is 12.4 Å². The van der Waals surface area contributed by atoms with E-state index >= 15 is 0 Å². The number of sulfonamides is 1. The van der Waals surface area contributed by atoms with Gasteiger partial charge in [-0.05, 0) is 43.3 Å². The molecule has 0 unspecified atom stereocenters. The molecule has 3 aromatic carbocycles. The number of aryl methyl sites for hydroxylation is 1. The van der Waals surface area contributed by atoms with Crippen LogP contribution >= 0.6 is 23.7 Å². The first-order chi connectivity index (χ1) is 19.8. The zero-order valence-electron chi connectivity index (χ0n) is 23.6. The number of piperazine rings is 1. The SMILES string of the molecule is COc1ccc(OC)c2sc(N3CCN(CCNC(=O)c4ccccc4NS(=O)(=O)c4ccc(C)cc4)CC3)nc12.Cl. The van der Waals surface area contributed by atoms with Crippen LogP contribution in [-0.4, -0.2) is 77.7 Å². The number of methoxy groups -OCH3 is 2. The number of carbonyl (C=O) groups excluding carboxylic acids is 1. The van der Waals surface area contributed by atoms with E-state index in [1.807, 2.05) is 19.1 Å². The Morgan fingerprint density at radius 2 is 1.62 bits per heavy atom. The summed E-state index contributed by atoms with van der Waals surface area (Å²) in [6.07, 6.45) is 0. The molecule has 0 spiro atoms. The van der Waals surface area contributed by atoms with Crippen LogP contribution in [0.2, 0.25) is 0 Å². The molecule has 0 radical (unpaired) electrons. The molecule has 1 aliphatic heterocycles. The van der Waals surface area contributed by atoms with Crippen LogP contribution in [0.3, 0.4) is 0 Å². The van der Waals surface area contributed by atoms with Crippen molar-refractivity contribution in [2.75, 3.05) is 63.1 Å². The lowest BCUT2D eigenvalue weighted by Gasteiger charge is -2.34. The van der Waals surface area contributed by atoms with E-state index in [0.717, 1.165) is 58.6 Å². The maximum atomic E-state index is 13.0. The first-order valence-corrected chi connectivity index (χ1v) is 15.5. The minimum Gasteiger partial charge on any atom is -0.495 e. The molecular formula is C29H34ClN5O5S2. The van der Waals surface area contributed by atoms with Gasteiger partial charge in [0, 0.05) is 39.3 Å². The van der Waals surface area contributed by atoms with Crippen LogP contribution in [0.4, 0.5) is 10.8 Å². The van der Waals surface area contributed by atoms with Crippen molar-refractivity contribution in [2.24, 2.45) is 0 Å². The third-order valence-electron chi connectivity index (χ3n) is 7.00. The first kappa shape index (κ1) is 31.4. The number of anilines is 2. The van der Waals surface area contributed by atoms with Gasteiger partial charge in [0.25, 0.3) is 15.9 Å². The van der Waals surface area contributed by atoms with Crippen molar-refractivity contribution >= 4 is 60.7 Å². The van der Waals surface area contributed by atoms with E-state index in [1.165, 1.54) is 0 Å². The topological polar surface area (TPSA) is 113 Å². The molecule has 224 valence electrons. The molecule has 2 N–H and O–H groups in total. The van der Waals surface area contributed by atoms with Crippen LogP contribution in [0.25, 0.3) is 10.2 Å². The fraction of sp³-hybridized carbons (Fsp3) is 0.310. The van der Waals surface area contributed by atoms with Gasteiger partial charge in [0.05, 0.1) is 30.4 Å². The van der Waals surface area contributed by atoms with Gasteiger partial charge in [-0.25, -0.2) is 13.4 Å². The van der Waals surface area contributed by atoms with Crippen molar-refractivity contribution in [1.29, 1.82) is 0 Å². The van der Waals surface area contributed by atoms with Crippen LogP contribution in [0.1, 0.15) is 15.9 Å². The van der Waals surface area contributed by atoms with Gasteiger partial charge in [-0.1, -0.05) is 41.2 Å². The summed E-state index contributed by atoms with van der Waals surface area (Å²) in [5, 5.41) is 3.87. The van der Waals surface area contributed by atoms with E-state index in [-0.39, 0.29) is 34.5 Å². The van der Waals surface area contributed by atoms with Gasteiger partial charge in [-0.3, -0.25) is 14.4 Å². The zero-order valence-corrected chi connectivity index (χ0v) is 26.1. The highest BCUT2D eigenvalue weighted by atomic mass is 35.5. The maximum Gasteiger partial charge on any atom is 0.261 e. The molecule has 4 aromatic rings. The van der Waals surface area contributed by atoms with Crippen molar-refractivity contribution in [3.8, 4) is 11.5 Å². The number of hydrogen-bond donors (Lipinski definition) is 2. The number of thiazole rings is 1. The van der Waals surface area contributed by atoms with Gasteiger partial charge in [-0.2, -0.15) is 0 Å². The van der Waals surface area contributed by atoms with E-state index in [2.05, 4.69) is 19.8 Å². The summed E-state index contributed by atoms with van der Waals surface area (Å²) < 4.78 is 40.3. The number of carbonyl (C=O) groups is 1. The second-order valence-electron chi connectivity index (χ2n) is 9.69. The lowest BCUT2D eigenvalue weighted by atomic mass is 10.1. The van der Waals surface area contributed by atoms with Crippen molar-refractivity contribution < 1.29 is 22.7 Å². The molecule has 0 aliphatic carbocycles. The molecule has 1 amide bonds. The number of nitrogens with one attached hydrogen (secondary N) is 2. The third-order valence-corrected chi connectivity index (χ3v) is 9.51. The smallest absolute Gasteiger partial charge is 0.261 e. The van der Waals surface area contributed by atoms with Gasteiger partial charge in [0.15, 0.2) is 5.13 Å². The Kier molecular flexibility index (Phi) is 10.2. The predicted octanol–water partition coefficient (Wildman–Crippen LogP) is 4.40. The molecule has 13 heteroatoms. The fourth-order valence-electron chi connectivity index (χ4n) is 4.69. The highest BCUT2D eigenvalue weighted by Crippen LogP contribution is 2.40. The maximum absolute atomic E-state index is 13.0. The Morgan fingerprint density at radius 3 is 2.31 bits per heavy atom. The Balaban J connectivity index is 0.00000405. The Labute approximate surface area is 256 Å². The standard InChI is InChI=1S/C29H33N5O5S2.ClH/c1-20-8-10-21(11-9-20)41(36,37)32-23-7-5-4-6-22(23)28(35)30-14-15-33-16-18-34(19-17-33)29-31-26-24(38-2)12-13-25(39-3)27(26)40-29;/h4-13,32H,14-19H2,1-3H3,(H,30,35);1H. The number of halogens is 1. The lowest BCUT2D eigenvalue weighted by Crippen LogP contribution is -2.48. The number of ether oxygens (including phenoxy) is 2. The van der Waals surface area contributed by atoms with E-state index in [4.69, 9.17) is 14.5 Å². The number of rotatable bonds is 10.